The van der Waals surface area contributed by atoms with E-state index in [0.29, 0.717) is 22.7 Å². The van der Waals surface area contributed by atoms with Crippen LogP contribution in [0.3, 0.4) is 0 Å². The van der Waals surface area contributed by atoms with Crippen molar-refractivity contribution in [3.05, 3.63) is 90.8 Å². The van der Waals surface area contributed by atoms with Gasteiger partial charge in [-0.05, 0) is 36.4 Å². The third kappa shape index (κ3) is 4.01. The highest BCUT2D eigenvalue weighted by Gasteiger charge is 2.12. The summed E-state index contributed by atoms with van der Waals surface area (Å²) < 4.78 is 5.79. The van der Waals surface area contributed by atoms with Crippen LogP contribution in [0.4, 0.5) is 11.5 Å². The Labute approximate surface area is 177 Å². The number of fused-ring (bicyclic) bond motifs is 1. The van der Waals surface area contributed by atoms with Crippen molar-refractivity contribution < 1.29 is 4.42 Å². The van der Waals surface area contributed by atoms with Gasteiger partial charge in [0.25, 0.3) is 0 Å². The second kappa shape index (κ2) is 8.34. The Balaban J connectivity index is 1.39. The minimum Gasteiger partial charge on any atom is -0.420 e. The summed E-state index contributed by atoms with van der Waals surface area (Å²) in [6, 6.07) is 27.7. The molecule has 0 saturated heterocycles. The van der Waals surface area contributed by atoms with Crippen LogP contribution in [-0.4, -0.2) is 20.2 Å². The van der Waals surface area contributed by atoms with E-state index < -0.39 is 0 Å². The summed E-state index contributed by atoms with van der Waals surface area (Å²) in [6.45, 7) is 0. The van der Waals surface area contributed by atoms with Crippen LogP contribution in [0.5, 0.6) is 0 Å². The molecule has 0 aliphatic rings. The average Bonchev–Trinajstić information content (AvgIpc) is 3.28. The molecule has 0 bridgehead atoms. The summed E-state index contributed by atoms with van der Waals surface area (Å²) in [5.41, 5.74) is 2.75. The lowest BCUT2D eigenvalue weighted by atomic mass is 10.2. The summed E-state index contributed by atoms with van der Waals surface area (Å²) in [6.07, 6.45) is 0. The summed E-state index contributed by atoms with van der Waals surface area (Å²) >= 11 is 1.46. The summed E-state index contributed by atoms with van der Waals surface area (Å²) in [4.78, 5) is 9.41. The summed E-state index contributed by atoms with van der Waals surface area (Å²) in [5.74, 6) is 2.30. The number of nitrogens with one attached hydrogen (secondary N) is 1. The fourth-order valence-electron chi connectivity index (χ4n) is 3.01. The molecule has 2 heterocycles. The molecule has 6 nitrogen and oxygen atoms in total. The van der Waals surface area contributed by atoms with Crippen molar-refractivity contribution in [2.45, 2.75) is 10.9 Å². The SMILES string of the molecule is c1ccc(Nc2nc(SCc3nnc(-c4ccccc4)o3)nc3ccccc23)cc1. The normalized spacial score (nSPS) is 10.9. The molecule has 2 aromatic heterocycles. The van der Waals surface area contributed by atoms with Crippen LogP contribution in [0.15, 0.2) is 94.5 Å². The topological polar surface area (TPSA) is 76.7 Å². The number of para-hydroxylation sites is 2. The molecule has 30 heavy (non-hydrogen) atoms. The quantitative estimate of drug-likeness (QED) is 0.283. The van der Waals surface area contributed by atoms with Gasteiger partial charge in [-0.1, -0.05) is 60.3 Å². The molecule has 0 aliphatic heterocycles. The molecule has 0 unspecified atom stereocenters. The molecular formula is C23H17N5OS. The molecule has 0 saturated carbocycles. The van der Waals surface area contributed by atoms with Crippen LogP contribution < -0.4 is 5.32 Å². The zero-order valence-electron chi connectivity index (χ0n) is 15.9. The molecule has 146 valence electrons. The minimum atomic E-state index is 0.489. The molecule has 7 heteroatoms. The predicted molar refractivity (Wildman–Crippen MR) is 119 cm³/mol. The van der Waals surface area contributed by atoms with Gasteiger partial charge < -0.3 is 9.73 Å². The Bertz CT molecular complexity index is 1270. The molecular weight excluding hydrogens is 394 g/mol. The molecule has 0 spiro atoms. The van der Waals surface area contributed by atoms with E-state index in [0.717, 1.165) is 28.0 Å². The number of anilines is 2. The molecule has 0 radical (unpaired) electrons. The fourth-order valence-corrected chi connectivity index (χ4v) is 3.70. The first-order valence-electron chi connectivity index (χ1n) is 9.44. The molecule has 5 rings (SSSR count). The van der Waals surface area contributed by atoms with E-state index in [1.807, 2.05) is 84.9 Å². The Morgan fingerprint density at radius 2 is 1.50 bits per heavy atom. The highest BCUT2D eigenvalue weighted by Crippen LogP contribution is 2.28. The number of aromatic nitrogens is 4. The van der Waals surface area contributed by atoms with Gasteiger partial charge in [-0.3, -0.25) is 0 Å². The number of thioether (sulfide) groups is 1. The molecule has 3 aromatic carbocycles. The van der Waals surface area contributed by atoms with Crippen molar-refractivity contribution in [2.24, 2.45) is 0 Å². The van der Waals surface area contributed by atoms with E-state index in [2.05, 4.69) is 20.5 Å². The standard InChI is InChI=1S/C23H17N5OS/c1-3-9-16(10-4-1)22-28-27-20(29-22)15-30-23-25-19-14-8-7-13-18(19)21(26-23)24-17-11-5-2-6-12-17/h1-14H,15H2,(H,24,25,26). The third-order valence-electron chi connectivity index (χ3n) is 4.43. The van der Waals surface area contributed by atoms with Gasteiger partial charge >= 0.3 is 0 Å². The smallest absolute Gasteiger partial charge is 0.247 e. The second-order valence-corrected chi connectivity index (χ2v) is 7.46. The van der Waals surface area contributed by atoms with Crippen molar-refractivity contribution in [3.63, 3.8) is 0 Å². The van der Waals surface area contributed by atoms with E-state index in [-0.39, 0.29) is 0 Å². The first kappa shape index (κ1) is 18.3. The van der Waals surface area contributed by atoms with Crippen LogP contribution in [-0.2, 0) is 5.75 Å². The van der Waals surface area contributed by atoms with Gasteiger partial charge in [-0.2, -0.15) is 0 Å². The van der Waals surface area contributed by atoms with E-state index in [4.69, 9.17) is 9.40 Å². The van der Waals surface area contributed by atoms with Crippen molar-refractivity contribution in [3.8, 4) is 11.5 Å². The van der Waals surface area contributed by atoms with Gasteiger partial charge in [0.1, 0.15) is 5.82 Å². The maximum atomic E-state index is 5.79. The lowest BCUT2D eigenvalue weighted by Crippen LogP contribution is -1.98. The van der Waals surface area contributed by atoms with Crippen molar-refractivity contribution in [1.82, 2.24) is 20.2 Å². The molecule has 1 N–H and O–H groups in total. The van der Waals surface area contributed by atoms with Crippen molar-refractivity contribution in [2.75, 3.05) is 5.32 Å². The molecule has 0 fully saturated rings. The number of benzene rings is 3. The van der Waals surface area contributed by atoms with E-state index in [1.165, 1.54) is 11.8 Å². The average molecular weight is 411 g/mol. The third-order valence-corrected chi connectivity index (χ3v) is 5.26. The van der Waals surface area contributed by atoms with Gasteiger partial charge in [0.15, 0.2) is 5.16 Å². The molecule has 5 aromatic rings. The van der Waals surface area contributed by atoms with Crippen molar-refractivity contribution in [1.29, 1.82) is 0 Å². The Morgan fingerprint density at radius 3 is 2.33 bits per heavy atom. The van der Waals surface area contributed by atoms with Crippen LogP contribution in [0.25, 0.3) is 22.4 Å². The van der Waals surface area contributed by atoms with E-state index >= 15 is 0 Å². The maximum Gasteiger partial charge on any atom is 0.247 e. The second-order valence-electron chi connectivity index (χ2n) is 6.52. The van der Waals surface area contributed by atoms with Gasteiger partial charge in [0, 0.05) is 16.6 Å². The number of rotatable bonds is 6. The monoisotopic (exact) mass is 411 g/mol. The maximum absolute atomic E-state index is 5.79. The lowest BCUT2D eigenvalue weighted by Gasteiger charge is -2.10. The van der Waals surface area contributed by atoms with Gasteiger partial charge in [0.05, 0.1) is 11.3 Å². The Morgan fingerprint density at radius 1 is 0.767 bits per heavy atom. The minimum absolute atomic E-state index is 0.489. The van der Waals surface area contributed by atoms with Gasteiger partial charge in [-0.25, -0.2) is 9.97 Å². The van der Waals surface area contributed by atoms with Gasteiger partial charge in [0.2, 0.25) is 11.8 Å². The number of hydrogen-bond acceptors (Lipinski definition) is 7. The summed E-state index contributed by atoms with van der Waals surface area (Å²) in [7, 11) is 0. The van der Waals surface area contributed by atoms with Crippen LogP contribution in [0.2, 0.25) is 0 Å². The van der Waals surface area contributed by atoms with Crippen LogP contribution in [0.1, 0.15) is 5.89 Å². The van der Waals surface area contributed by atoms with Gasteiger partial charge in [-0.15, -0.1) is 10.2 Å². The summed E-state index contributed by atoms with van der Waals surface area (Å²) in [5, 5.41) is 13.3. The van der Waals surface area contributed by atoms with E-state index in [1.54, 1.807) is 0 Å². The zero-order valence-corrected chi connectivity index (χ0v) is 16.7. The van der Waals surface area contributed by atoms with E-state index in [9.17, 15) is 0 Å². The molecule has 0 amide bonds. The zero-order chi connectivity index (χ0) is 20.2. The lowest BCUT2D eigenvalue weighted by molar-refractivity contribution is 0.528. The first-order chi connectivity index (χ1) is 14.8. The molecule has 0 aliphatic carbocycles. The highest BCUT2D eigenvalue weighted by molar-refractivity contribution is 7.98. The first-order valence-corrected chi connectivity index (χ1v) is 10.4. The number of hydrogen-bond donors (Lipinski definition) is 1. The highest BCUT2D eigenvalue weighted by atomic mass is 32.2. The van der Waals surface area contributed by atoms with Crippen molar-refractivity contribution >= 4 is 34.2 Å². The Kier molecular flexibility index (Phi) is 5.10. The fraction of sp³-hybridized carbons (Fsp3) is 0.0435. The number of nitrogens with zero attached hydrogens (tertiary/aromatic N) is 4. The van der Waals surface area contributed by atoms with Crippen LogP contribution in [0, 0.1) is 0 Å². The largest absolute Gasteiger partial charge is 0.420 e. The predicted octanol–water partition coefficient (Wildman–Crippen LogP) is 5.72. The molecule has 0 atom stereocenters. The Hall–Kier alpha value is -3.71. The van der Waals surface area contributed by atoms with Crippen LogP contribution >= 0.6 is 11.8 Å².